The van der Waals surface area contributed by atoms with Crippen molar-refractivity contribution in [1.29, 1.82) is 0 Å². The van der Waals surface area contributed by atoms with Crippen LogP contribution in [0.1, 0.15) is 48.2 Å². The molecule has 0 saturated carbocycles. The lowest BCUT2D eigenvalue weighted by atomic mass is 9.99. The van der Waals surface area contributed by atoms with Crippen molar-refractivity contribution in [1.82, 2.24) is 29.4 Å². The number of carbonyl (C=O) groups excluding carboxylic acids is 1. The molecule has 5 heterocycles. The van der Waals surface area contributed by atoms with Gasteiger partial charge in [-0.1, -0.05) is 12.5 Å². The number of aromatic nitrogens is 4. The fraction of sp³-hybridized carbons (Fsp3) is 0.423. The second kappa shape index (κ2) is 9.58. The molecule has 0 atom stereocenters. The van der Waals surface area contributed by atoms with Gasteiger partial charge in [0, 0.05) is 42.2 Å². The maximum atomic E-state index is 13.1. The number of amides is 1. The zero-order valence-corrected chi connectivity index (χ0v) is 19.8. The van der Waals surface area contributed by atoms with Gasteiger partial charge in [0.05, 0.1) is 18.4 Å². The summed E-state index contributed by atoms with van der Waals surface area (Å²) in [4.78, 5) is 30.9. The topological polar surface area (TPSA) is 91.0 Å². The molecule has 2 fully saturated rings. The second-order valence-electron chi connectivity index (χ2n) is 9.46. The molecule has 3 aliphatic rings. The number of likely N-dealkylation sites (tertiary alicyclic amines) is 2. The first-order valence-electron chi connectivity index (χ1n) is 12.6. The van der Waals surface area contributed by atoms with Crippen LogP contribution >= 0.6 is 0 Å². The highest BCUT2D eigenvalue weighted by Gasteiger charge is 2.28. The van der Waals surface area contributed by atoms with Crippen LogP contribution in [0.5, 0.6) is 0 Å². The number of rotatable bonds is 5. The molecule has 9 heteroatoms. The molecule has 9 nitrogen and oxygen atoms in total. The van der Waals surface area contributed by atoms with Crippen molar-refractivity contribution in [2.75, 3.05) is 38.0 Å². The maximum absolute atomic E-state index is 13.1. The average Bonchev–Trinajstić information content (AvgIpc) is 3.63. The van der Waals surface area contributed by atoms with Gasteiger partial charge in [-0.15, -0.1) is 0 Å². The quantitative estimate of drug-likeness (QED) is 0.614. The van der Waals surface area contributed by atoms with E-state index in [-0.39, 0.29) is 5.91 Å². The van der Waals surface area contributed by atoms with Crippen molar-refractivity contribution in [2.24, 2.45) is 4.99 Å². The summed E-state index contributed by atoms with van der Waals surface area (Å²) in [5.41, 5.74) is 4.05. The zero-order chi connectivity index (χ0) is 23.6. The summed E-state index contributed by atoms with van der Waals surface area (Å²) in [6.07, 6.45) is 13.3. The van der Waals surface area contributed by atoms with Crippen LogP contribution in [0.3, 0.4) is 0 Å². The summed E-state index contributed by atoms with van der Waals surface area (Å²) >= 11 is 0. The number of carbonyl (C=O) groups is 1. The van der Waals surface area contributed by atoms with Crippen molar-refractivity contribution in [2.45, 2.75) is 38.1 Å². The molecular weight excluding hydrogens is 440 g/mol. The number of hydrogen-bond donors (Lipinski definition) is 1. The zero-order valence-electron chi connectivity index (χ0n) is 19.8. The fourth-order valence-electron chi connectivity index (χ4n) is 5.36. The lowest BCUT2D eigenvalue weighted by molar-refractivity contribution is 0.0590. The SMILES string of the molecule is O=C(c1ccc(Nc2ncc(C3=CCN=C3)n3ncnc23)cc1)N1CCC(N2CCCCC2)CC1. The molecule has 3 aliphatic heterocycles. The smallest absolute Gasteiger partial charge is 0.253 e. The van der Waals surface area contributed by atoms with Crippen molar-refractivity contribution >= 4 is 34.8 Å². The number of benzene rings is 1. The van der Waals surface area contributed by atoms with E-state index in [2.05, 4.69) is 30.3 Å². The van der Waals surface area contributed by atoms with Gasteiger partial charge in [-0.05, 0) is 63.0 Å². The van der Waals surface area contributed by atoms with Gasteiger partial charge in [-0.3, -0.25) is 9.79 Å². The van der Waals surface area contributed by atoms with Gasteiger partial charge in [-0.2, -0.15) is 5.10 Å². The third-order valence-corrected chi connectivity index (χ3v) is 7.30. The number of piperidine rings is 2. The molecule has 0 bridgehead atoms. The minimum atomic E-state index is 0.113. The molecule has 3 aromatic rings. The van der Waals surface area contributed by atoms with Gasteiger partial charge in [-0.25, -0.2) is 14.5 Å². The van der Waals surface area contributed by atoms with Crippen LogP contribution in [0.2, 0.25) is 0 Å². The van der Waals surface area contributed by atoms with Crippen LogP contribution in [-0.2, 0) is 0 Å². The summed E-state index contributed by atoms with van der Waals surface area (Å²) in [6, 6.07) is 8.24. The van der Waals surface area contributed by atoms with Gasteiger partial charge < -0.3 is 15.1 Å². The average molecular weight is 471 g/mol. The molecule has 2 aromatic heterocycles. The van der Waals surface area contributed by atoms with E-state index in [4.69, 9.17) is 0 Å². The second-order valence-corrected chi connectivity index (χ2v) is 9.46. The Morgan fingerprint density at radius 1 is 0.971 bits per heavy atom. The molecule has 0 unspecified atom stereocenters. The third kappa shape index (κ3) is 4.43. The highest BCUT2D eigenvalue weighted by atomic mass is 16.2. The van der Waals surface area contributed by atoms with Gasteiger partial charge in [0.25, 0.3) is 5.91 Å². The largest absolute Gasteiger partial charge is 0.339 e. The Hall–Kier alpha value is -3.59. The van der Waals surface area contributed by atoms with Gasteiger partial charge in [0.2, 0.25) is 0 Å². The van der Waals surface area contributed by atoms with E-state index in [1.165, 1.54) is 38.7 Å². The number of nitrogens with zero attached hydrogens (tertiary/aromatic N) is 7. The molecule has 1 amide bonds. The van der Waals surface area contributed by atoms with E-state index in [0.717, 1.165) is 48.4 Å². The van der Waals surface area contributed by atoms with Crippen LogP contribution in [0.25, 0.3) is 11.2 Å². The monoisotopic (exact) mass is 470 g/mol. The predicted octanol–water partition coefficient (Wildman–Crippen LogP) is 3.43. The Kier molecular flexibility index (Phi) is 5.99. The molecule has 2 saturated heterocycles. The first-order valence-corrected chi connectivity index (χ1v) is 12.6. The Morgan fingerprint density at radius 2 is 1.77 bits per heavy atom. The van der Waals surface area contributed by atoms with Crippen LogP contribution in [0.4, 0.5) is 11.5 Å². The van der Waals surface area contributed by atoms with Crippen molar-refractivity contribution < 1.29 is 4.79 Å². The highest BCUT2D eigenvalue weighted by Crippen LogP contribution is 2.25. The summed E-state index contributed by atoms with van der Waals surface area (Å²) in [5.74, 6) is 0.725. The van der Waals surface area contributed by atoms with E-state index in [0.29, 0.717) is 24.1 Å². The number of fused-ring (bicyclic) bond motifs is 1. The standard InChI is InChI=1S/C26H30N8O/c35-26(33-14-9-22(10-15-33)32-12-2-1-3-13-32)19-4-6-21(7-5-19)31-24-25-29-18-30-34(25)23(17-28-24)20-8-11-27-16-20/h4-8,16-18,22H,1-3,9-15H2,(H,28,31). The molecule has 180 valence electrons. The van der Waals surface area contributed by atoms with E-state index in [1.807, 2.05) is 41.5 Å². The molecule has 1 N–H and O–H groups in total. The molecule has 0 aliphatic carbocycles. The number of hydrogen-bond acceptors (Lipinski definition) is 7. The Bertz CT molecular complexity index is 1260. The van der Waals surface area contributed by atoms with Crippen LogP contribution in [0.15, 0.2) is 47.9 Å². The summed E-state index contributed by atoms with van der Waals surface area (Å²) in [6.45, 7) is 4.79. The molecule has 0 spiro atoms. The Morgan fingerprint density at radius 3 is 2.51 bits per heavy atom. The normalized spacial score (nSPS) is 19.3. The number of nitrogens with one attached hydrogen (secondary N) is 1. The summed E-state index contributed by atoms with van der Waals surface area (Å²) in [5, 5.41) is 7.68. The maximum Gasteiger partial charge on any atom is 0.253 e. The predicted molar refractivity (Wildman–Crippen MR) is 136 cm³/mol. The lowest BCUT2D eigenvalue weighted by Gasteiger charge is -2.40. The van der Waals surface area contributed by atoms with E-state index >= 15 is 0 Å². The van der Waals surface area contributed by atoms with Crippen LogP contribution < -0.4 is 5.32 Å². The molecule has 35 heavy (non-hydrogen) atoms. The minimum absolute atomic E-state index is 0.113. The number of anilines is 2. The number of allylic oxidation sites excluding steroid dienone is 1. The first kappa shape index (κ1) is 21.9. The lowest BCUT2D eigenvalue weighted by Crippen LogP contribution is -2.48. The van der Waals surface area contributed by atoms with Crippen LogP contribution in [-0.4, -0.2) is 80.3 Å². The Balaban J connectivity index is 1.11. The van der Waals surface area contributed by atoms with E-state index in [1.54, 1.807) is 10.7 Å². The van der Waals surface area contributed by atoms with Gasteiger partial charge in [0.15, 0.2) is 11.5 Å². The molecule has 6 rings (SSSR count). The molecular formula is C26H30N8O. The van der Waals surface area contributed by atoms with Crippen molar-refractivity contribution in [3.8, 4) is 0 Å². The third-order valence-electron chi connectivity index (χ3n) is 7.30. The van der Waals surface area contributed by atoms with E-state index in [9.17, 15) is 4.79 Å². The summed E-state index contributed by atoms with van der Waals surface area (Å²) < 4.78 is 1.77. The van der Waals surface area contributed by atoms with E-state index < -0.39 is 0 Å². The number of aliphatic imine (C=N–C) groups is 1. The molecule has 0 radical (unpaired) electrons. The fourth-order valence-corrected chi connectivity index (χ4v) is 5.36. The highest BCUT2D eigenvalue weighted by molar-refractivity contribution is 6.11. The van der Waals surface area contributed by atoms with Crippen LogP contribution in [0, 0.1) is 0 Å². The van der Waals surface area contributed by atoms with Crippen molar-refractivity contribution in [3.05, 3.63) is 54.1 Å². The van der Waals surface area contributed by atoms with Gasteiger partial charge >= 0.3 is 0 Å². The van der Waals surface area contributed by atoms with Crippen molar-refractivity contribution in [3.63, 3.8) is 0 Å². The van der Waals surface area contributed by atoms with Gasteiger partial charge in [0.1, 0.15) is 6.33 Å². The minimum Gasteiger partial charge on any atom is -0.339 e. The molecule has 1 aromatic carbocycles. The first-order chi connectivity index (χ1) is 17.3. The Labute approximate surface area is 204 Å². The summed E-state index contributed by atoms with van der Waals surface area (Å²) in [7, 11) is 0.